The minimum atomic E-state index is -0.0407. The number of hydrogen-bond acceptors (Lipinski definition) is 3. The van der Waals surface area contributed by atoms with Crippen LogP contribution in [0.4, 0.5) is 5.69 Å². The number of fused-ring (bicyclic) bond motifs is 1. The molecule has 2 rings (SSSR count). The van der Waals surface area contributed by atoms with Crippen molar-refractivity contribution < 1.29 is 14.3 Å². The second-order valence-electron chi connectivity index (χ2n) is 4.99. The van der Waals surface area contributed by atoms with Gasteiger partial charge in [-0.3, -0.25) is 9.59 Å². The Labute approximate surface area is 118 Å². The van der Waals surface area contributed by atoms with E-state index in [1.165, 1.54) is 0 Å². The summed E-state index contributed by atoms with van der Waals surface area (Å²) in [6.45, 7) is 5.02. The van der Waals surface area contributed by atoms with E-state index in [-0.39, 0.29) is 17.9 Å². The lowest BCUT2D eigenvalue weighted by Gasteiger charge is -2.27. The normalized spacial score (nSPS) is 14.7. The molecule has 1 heterocycles. The maximum absolute atomic E-state index is 12.5. The van der Waals surface area contributed by atoms with Crippen LogP contribution in [0, 0.1) is 0 Å². The van der Waals surface area contributed by atoms with Crippen molar-refractivity contribution in [3.63, 3.8) is 0 Å². The van der Waals surface area contributed by atoms with Crippen LogP contribution >= 0.6 is 0 Å². The van der Waals surface area contributed by atoms with Crippen LogP contribution in [0.1, 0.15) is 29.8 Å². The van der Waals surface area contributed by atoms with Gasteiger partial charge in [0.1, 0.15) is 0 Å². The fourth-order valence-corrected chi connectivity index (χ4v) is 2.50. The van der Waals surface area contributed by atoms with Gasteiger partial charge in [0.05, 0.1) is 19.1 Å². The fraction of sp³-hybridized carbons (Fsp3) is 0.467. The topological polar surface area (TPSA) is 58.6 Å². The molecule has 1 aromatic carbocycles. The van der Waals surface area contributed by atoms with E-state index in [4.69, 9.17) is 4.74 Å². The van der Waals surface area contributed by atoms with Crippen LogP contribution in [0.2, 0.25) is 0 Å². The molecule has 1 unspecified atom stereocenters. The summed E-state index contributed by atoms with van der Waals surface area (Å²) in [5, 5.41) is 2.77. The van der Waals surface area contributed by atoms with Gasteiger partial charge in [-0.25, -0.2) is 0 Å². The lowest BCUT2D eigenvalue weighted by Crippen LogP contribution is -2.40. The average molecular weight is 276 g/mol. The van der Waals surface area contributed by atoms with Crippen LogP contribution in [0.15, 0.2) is 18.2 Å². The summed E-state index contributed by atoms with van der Waals surface area (Å²) in [4.78, 5) is 25.6. The molecule has 1 atom stereocenters. The molecule has 0 bridgehead atoms. The van der Waals surface area contributed by atoms with Crippen molar-refractivity contribution in [1.29, 1.82) is 0 Å². The molecule has 5 heteroatoms. The third-order valence-corrected chi connectivity index (χ3v) is 3.52. The van der Waals surface area contributed by atoms with Crippen LogP contribution in [0.5, 0.6) is 0 Å². The van der Waals surface area contributed by atoms with Crippen molar-refractivity contribution in [2.45, 2.75) is 26.3 Å². The van der Waals surface area contributed by atoms with Gasteiger partial charge in [0, 0.05) is 24.9 Å². The molecular formula is C15H20N2O3. The predicted molar refractivity (Wildman–Crippen MR) is 76.8 cm³/mol. The first kappa shape index (κ1) is 14.5. The third-order valence-electron chi connectivity index (χ3n) is 3.52. The van der Waals surface area contributed by atoms with Crippen molar-refractivity contribution in [3.8, 4) is 0 Å². The van der Waals surface area contributed by atoms with E-state index in [2.05, 4.69) is 5.32 Å². The van der Waals surface area contributed by atoms with Gasteiger partial charge in [-0.2, -0.15) is 0 Å². The molecular weight excluding hydrogens is 256 g/mol. The zero-order valence-electron chi connectivity index (χ0n) is 12.1. The zero-order valence-corrected chi connectivity index (χ0v) is 12.1. The molecule has 5 nitrogen and oxygen atoms in total. The Kier molecular flexibility index (Phi) is 4.39. The van der Waals surface area contributed by atoms with Gasteiger partial charge < -0.3 is 15.0 Å². The summed E-state index contributed by atoms with van der Waals surface area (Å²) in [7, 11) is 1.62. The zero-order chi connectivity index (χ0) is 14.7. The molecule has 0 saturated carbocycles. The Morgan fingerprint density at radius 2 is 2.25 bits per heavy atom. The molecule has 0 spiro atoms. The van der Waals surface area contributed by atoms with E-state index in [0.29, 0.717) is 25.1 Å². The molecule has 1 aliphatic heterocycles. The van der Waals surface area contributed by atoms with Crippen molar-refractivity contribution in [2.24, 2.45) is 0 Å². The fourth-order valence-electron chi connectivity index (χ4n) is 2.50. The van der Waals surface area contributed by atoms with E-state index in [1.807, 2.05) is 19.9 Å². The van der Waals surface area contributed by atoms with E-state index in [1.54, 1.807) is 24.1 Å². The van der Waals surface area contributed by atoms with Crippen molar-refractivity contribution in [3.05, 3.63) is 29.3 Å². The molecule has 1 N–H and O–H groups in total. The summed E-state index contributed by atoms with van der Waals surface area (Å²) < 4.78 is 5.11. The largest absolute Gasteiger partial charge is 0.383 e. The lowest BCUT2D eigenvalue weighted by atomic mass is 10.1. The first-order chi connectivity index (χ1) is 9.56. The van der Waals surface area contributed by atoms with Gasteiger partial charge in [0.25, 0.3) is 5.91 Å². The highest BCUT2D eigenvalue weighted by Crippen LogP contribution is 2.24. The number of ether oxygens (including phenoxy) is 1. The summed E-state index contributed by atoms with van der Waals surface area (Å²) in [5.41, 5.74) is 2.28. The van der Waals surface area contributed by atoms with E-state index in [9.17, 15) is 9.59 Å². The molecule has 0 fully saturated rings. The van der Waals surface area contributed by atoms with Crippen molar-refractivity contribution in [2.75, 3.05) is 25.6 Å². The van der Waals surface area contributed by atoms with Gasteiger partial charge in [0.15, 0.2) is 0 Å². The number of nitrogens with one attached hydrogen (secondary N) is 1. The van der Waals surface area contributed by atoms with Gasteiger partial charge in [-0.1, -0.05) is 6.07 Å². The monoisotopic (exact) mass is 276 g/mol. The molecule has 20 heavy (non-hydrogen) atoms. The van der Waals surface area contributed by atoms with E-state index in [0.717, 1.165) is 11.3 Å². The smallest absolute Gasteiger partial charge is 0.254 e. The number of hydrogen-bond donors (Lipinski definition) is 1. The number of carbonyl (C=O) groups excluding carboxylic acids is 2. The SMILES string of the molecule is CCN(C(=O)c1ccc2c(c1)NC(=O)C2)C(C)COC. The van der Waals surface area contributed by atoms with Gasteiger partial charge in [-0.15, -0.1) is 0 Å². The molecule has 0 saturated heterocycles. The maximum atomic E-state index is 12.5. The number of rotatable bonds is 5. The highest BCUT2D eigenvalue weighted by molar-refractivity contribution is 6.02. The number of anilines is 1. The number of nitrogens with zero attached hydrogens (tertiary/aromatic N) is 1. The highest BCUT2D eigenvalue weighted by atomic mass is 16.5. The number of benzene rings is 1. The number of amides is 2. The standard InChI is InChI=1S/C15H20N2O3/c1-4-17(10(2)9-20-3)15(19)12-6-5-11-8-14(18)16-13(11)7-12/h5-7,10H,4,8-9H2,1-3H3,(H,16,18). The first-order valence-electron chi connectivity index (χ1n) is 6.79. The third kappa shape index (κ3) is 2.82. The Balaban J connectivity index is 2.20. The Hall–Kier alpha value is -1.88. The van der Waals surface area contributed by atoms with Gasteiger partial charge in [0.2, 0.25) is 5.91 Å². The van der Waals surface area contributed by atoms with Gasteiger partial charge in [-0.05, 0) is 31.5 Å². The van der Waals surface area contributed by atoms with Crippen LogP contribution in [0.25, 0.3) is 0 Å². The molecule has 1 aromatic rings. The van der Waals surface area contributed by atoms with Crippen LogP contribution < -0.4 is 5.32 Å². The van der Waals surface area contributed by atoms with Crippen molar-refractivity contribution >= 4 is 17.5 Å². The Morgan fingerprint density at radius 1 is 1.50 bits per heavy atom. The summed E-state index contributed by atoms with van der Waals surface area (Å²) >= 11 is 0. The quantitative estimate of drug-likeness (QED) is 0.890. The molecule has 108 valence electrons. The van der Waals surface area contributed by atoms with Crippen LogP contribution in [0.3, 0.4) is 0 Å². The molecule has 2 amide bonds. The molecule has 0 aliphatic carbocycles. The second-order valence-corrected chi connectivity index (χ2v) is 4.99. The minimum Gasteiger partial charge on any atom is -0.383 e. The molecule has 1 aliphatic rings. The Bertz CT molecular complexity index is 528. The number of methoxy groups -OCH3 is 1. The molecule has 0 radical (unpaired) electrons. The maximum Gasteiger partial charge on any atom is 0.254 e. The van der Waals surface area contributed by atoms with E-state index >= 15 is 0 Å². The summed E-state index contributed by atoms with van der Waals surface area (Å²) in [6, 6.07) is 5.39. The average Bonchev–Trinajstić information content (AvgIpc) is 2.78. The lowest BCUT2D eigenvalue weighted by molar-refractivity contribution is -0.115. The number of likely N-dealkylation sites (N-methyl/N-ethyl adjacent to an activating group) is 1. The second kappa shape index (κ2) is 6.05. The number of carbonyl (C=O) groups is 2. The van der Waals surface area contributed by atoms with Crippen LogP contribution in [-0.2, 0) is 16.0 Å². The van der Waals surface area contributed by atoms with Gasteiger partial charge >= 0.3 is 0 Å². The highest BCUT2D eigenvalue weighted by Gasteiger charge is 2.23. The van der Waals surface area contributed by atoms with Crippen molar-refractivity contribution in [1.82, 2.24) is 4.90 Å². The Morgan fingerprint density at radius 3 is 2.90 bits per heavy atom. The van der Waals surface area contributed by atoms with E-state index < -0.39 is 0 Å². The first-order valence-corrected chi connectivity index (χ1v) is 6.79. The molecule has 0 aromatic heterocycles. The predicted octanol–water partition coefficient (Wildman–Crippen LogP) is 1.68. The van der Waals surface area contributed by atoms with Crippen LogP contribution in [-0.4, -0.2) is 43.0 Å². The summed E-state index contributed by atoms with van der Waals surface area (Å²) in [6.07, 6.45) is 0.390. The minimum absolute atomic E-state index is 0.0142. The summed E-state index contributed by atoms with van der Waals surface area (Å²) in [5.74, 6) is -0.0642.